The summed E-state index contributed by atoms with van der Waals surface area (Å²) in [7, 11) is 0. The Kier molecular flexibility index (Phi) is 3.98. The average Bonchev–Trinajstić information content (AvgIpc) is 2.92. The average molecular weight is 355 g/mol. The molecule has 4 aliphatic rings. The van der Waals surface area contributed by atoms with E-state index in [1.165, 1.54) is 5.57 Å². The maximum absolute atomic E-state index is 11.8. The molecule has 0 bridgehead atoms. The van der Waals surface area contributed by atoms with Gasteiger partial charge in [0.05, 0.1) is 6.11 Å². The first-order valence-electron chi connectivity index (χ1n) is 9.61. The molecule has 0 saturated heterocycles. The minimum Gasteiger partial charge on any atom is -0.290 e. The van der Waals surface area contributed by atoms with Crippen LogP contribution in [0.5, 0.6) is 0 Å². The van der Waals surface area contributed by atoms with E-state index in [9.17, 15) is 14.9 Å². The normalized spacial score (nSPS) is 43.3. The molecular weight excluding hydrogens is 330 g/mol. The lowest BCUT2D eigenvalue weighted by Gasteiger charge is -2.56. The number of ketones is 1. The summed E-state index contributed by atoms with van der Waals surface area (Å²) in [6, 6.07) is 0. The smallest absolute Gasteiger partial charge is 0.290 e. The first-order chi connectivity index (χ1) is 12.3. The summed E-state index contributed by atoms with van der Waals surface area (Å²) in [4.78, 5) is 26.4. The second kappa shape index (κ2) is 5.97. The van der Waals surface area contributed by atoms with Crippen LogP contribution in [-0.4, -0.2) is 10.9 Å². The Morgan fingerprint density at radius 1 is 1.23 bits per heavy atom. The lowest BCUT2D eigenvalue weighted by atomic mass is 9.48. The molecule has 3 saturated carbocycles. The number of rotatable bonds is 1. The minimum absolute atomic E-state index is 0.0106. The number of carbonyl (C=O) groups is 1. The van der Waals surface area contributed by atoms with E-state index < -0.39 is 5.09 Å². The zero-order chi connectivity index (χ0) is 18.5. The molecule has 138 valence electrons. The van der Waals surface area contributed by atoms with E-state index in [1.54, 1.807) is 6.08 Å². The summed E-state index contributed by atoms with van der Waals surface area (Å²) < 4.78 is 0. The van der Waals surface area contributed by atoms with Crippen molar-refractivity contribution >= 4 is 5.78 Å². The van der Waals surface area contributed by atoms with Crippen LogP contribution < -0.4 is 0 Å². The van der Waals surface area contributed by atoms with E-state index in [4.69, 9.17) is 0 Å². The second-order valence-corrected chi connectivity index (χ2v) is 8.84. The highest BCUT2D eigenvalue weighted by Crippen LogP contribution is 2.65. The second-order valence-electron chi connectivity index (χ2n) is 8.84. The van der Waals surface area contributed by atoms with Crippen LogP contribution in [0.3, 0.4) is 0 Å². The van der Waals surface area contributed by atoms with Crippen LogP contribution in [0.1, 0.15) is 52.4 Å². The third kappa shape index (κ3) is 2.50. The lowest BCUT2D eigenvalue weighted by Crippen LogP contribution is -2.49. The summed E-state index contributed by atoms with van der Waals surface area (Å²) in [5.41, 5.74) is 1.43. The molecule has 26 heavy (non-hydrogen) atoms. The maximum atomic E-state index is 11.8. The van der Waals surface area contributed by atoms with Gasteiger partial charge in [0.1, 0.15) is 0 Å². The molecule has 0 amide bonds. The SMILES string of the molecule is C[C@]12CC[C@H]3[C@@H](CCC4=CC(=O)C=C[C@@]43C)[C@@H]1CC[C@H]2C#CO[N+](=O)[O-]. The molecular formula is C21H25NO4. The van der Waals surface area contributed by atoms with Crippen molar-refractivity contribution < 1.29 is 14.7 Å². The molecule has 0 aromatic rings. The predicted octanol–water partition coefficient (Wildman–Crippen LogP) is 4.08. The zero-order valence-corrected chi connectivity index (χ0v) is 15.4. The topological polar surface area (TPSA) is 69.4 Å². The highest BCUT2D eigenvalue weighted by Gasteiger charge is 2.58. The molecule has 4 aliphatic carbocycles. The van der Waals surface area contributed by atoms with Crippen molar-refractivity contribution in [2.24, 2.45) is 34.5 Å². The Balaban J connectivity index is 1.59. The largest absolute Gasteiger partial charge is 0.308 e. The number of hydrogen-bond donors (Lipinski definition) is 0. The van der Waals surface area contributed by atoms with Gasteiger partial charge in [-0.25, -0.2) is 4.84 Å². The minimum atomic E-state index is -0.842. The van der Waals surface area contributed by atoms with Gasteiger partial charge in [0.15, 0.2) is 5.78 Å². The quantitative estimate of drug-likeness (QED) is 0.404. The Labute approximate surface area is 154 Å². The molecule has 0 heterocycles. The third-order valence-corrected chi connectivity index (χ3v) is 7.91. The van der Waals surface area contributed by atoms with Crippen LogP contribution in [0, 0.1) is 56.6 Å². The summed E-state index contributed by atoms with van der Waals surface area (Å²) >= 11 is 0. The van der Waals surface area contributed by atoms with Gasteiger partial charge in [0.2, 0.25) is 0 Å². The van der Waals surface area contributed by atoms with Crippen LogP contribution in [0.4, 0.5) is 0 Å². The molecule has 0 aromatic heterocycles. The molecule has 0 spiro atoms. The van der Waals surface area contributed by atoms with Crippen LogP contribution >= 0.6 is 0 Å². The molecule has 0 N–H and O–H groups in total. The molecule has 5 nitrogen and oxygen atoms in total. The van der Waals surface area contributed by atoms with E-state index in [0.29, 0.717) is 17.8 Å². The van der Waals surface area contributed by atoms with Crippen LogP contribution in [0.15, 0.2) is 23.8 Å². The fraction of sp³-hybridized carbons (Fsp3) is 0.667. The van der Waals surface area contributed by atoms with Gasteiger partial charge < -0.3 is 0 Å². The van der Waals surface area contributed by atoms with Crippen LogP contribution in [0.2, 0.25) is 0 Å². The van der Waals surface area contributed by atoms with Crippen molar-refractivity contribution in [2.75, 3.05) is 0 Å². The van der Waals surface area contributed by atoms with Gasteiger partial charge in [-0.2, -0.15) is 0 Å². The van der Waals surface area contributed by atoms with Crippen molar-refractivity contribution in [1.82, 2.24) is 0 Å². The van der Waals surface area contributed by atoms with Crippen LogP contribution in [0.25, 0.3) is 0 Å². The monoisotopic (exact) mass is 355 g/mol. The van der Waals surface area contributed by atoms with Gasteiger partial charge in [0.25, 0.3) is 0 Å². The summed E-state index contributed by atoms with van der Waals surface area (Å²) in [5, 5.41) is 9.52. The fourth-order valence-corrected chi connectivity index (χ4v) is 6.57. The van der Waals surface area contributed by atoms with Crippen LogP contribution in [-0.2, 0) is 9.63 Å². The predicted molar refractivity (Wildman–Crippen MR) is 96.0 cm³/mol. The van der Waals surface area contributed by atoms with E-state index in [0.717, 1.165) is 38.5 Å². The van der Waals surface area contributed by atoms with Crippen molar-refractivity contribution in [3.8, 4) is 12.0 Å². The van der Waals surface area contributed by atoms with Gasteiger partial charge in [-0.15, -0.1) is 10.1 Å². The van der Waals surface area contributed by atoms with Gasteiger partial charge in [-0.1, -0.05) is 31.4 Å². The van der Waals surface area contributed by atoms with E-state index in [2.05, 4.69) is 36.8 Å². The molecule has 6 atom stereocenters. The molecule has 0 aliphatic heterocycles. The van der Waals surface area contributed by atoms with E-state index in [1.807, 2.05) is 6.08 Å². The Bertz CT molecular complexity index is 773. The number of nitrogens with zero attached hydrogens (tertiary/aromatic N) is 1. The lowest BCUT2D eigenvalue weighted by molar-refractivity contribution is -0.731. The van der Waals surface area contributed by atoms with E-state index in [-0.39, 0.29) is 22.5 Å². The number of hydrogen-bond acceptors (Lipinski definition) is 4. The van der Waals surface area contributed by atoms with Gasteiger partial charge in [-0.3, -0.25) is 4.79 Å². The summed E-state index contributed by atoms with van der Waals surface area (Å²) in [6.45, 7) is 4.62. The number of allylic oxidation sites excluding steroid dienone is 4. The van der Waals surface area contributed by atoms with Gasteiger partial charge >= 0.3 is 5.09 Å². The number of carbonyl (C=O) groups excluding carboxylic acids is 1. The van der Waals surface area contributed by atoms with Crippen molar-refractivity contribution in [3.05, 3.63) is 33.9 Å². The Hall–Kier alpha value is -2.09. The summed E-state index contributed by atoms with van der Waals surface area (Å²) in [5.74, 6) is 5.14. The standard InChI is InChI=1S/C21H25NO4/c1-20-11-8-19-17(5-3-15-13-16(23)7-10-21(15,19)2)18(20)6-4-14(20)9-12-26-22(24)25/h7,10,13-14,17-19H,3-6,8,11H2,1-2H3/t14-,17-,18-,19-,20+,21-/m0/s1. The zero-order valence-electron chi connectivity index (χ0n) is 15.4. The molecule has 4 rings (SSSR count). The van der Waals surface area contributed by atoms with Gasteiger partial charge in [-0.05, 0) is 73.8 Å². The molecule has 0 aromatic carbocycles. The highest BCUT2D eigenvalue weighted by molar-refractivity contribution is 6.01. The molecule has 5 heteroatoms. The first kappa shape index (κ1) is 17.3. The van der Waals surface area contributed by atoms with Crippen molar-refractivity contribution in [3.63, 3.8) is 0 Å². The molecule has 3 fully saturated rings. The Morgan fingerprint density at radius 3 is 2.81 bits per heavy atom. The molecule has 0 radical (unpaired) electrons. The maximum Gasteiger partial charge on any atom is 0.308 e. The summed E-state index contributed by atoms with van der Waals surface area (Å²) in [6.07, 6.45) is 14.5. The van der Waals surface area contributed by atoms with Crippen molar-refractivity contribution in [1.29, 1.82) is 0 Å². The first-order valence-corrected chi connectivity index (χ1v) is 9.61. The van der Waals surface area contributed by atoms with Gasteiger partial charge in [0, 0.05) is 11.3 Å². The van der Waals surface area contributed by atoms with E-state index >= 15 is 0 Å². The highest BCUT2D eigenvalue weighted by atomic mass is 16.9. The molecule has 0 unspecified atom stereocenters. The third-order valence-electron chi connectivity index (χ3n) is 7.91. The Morgan fingerprint density at radius 2 is 2.04 bits per heavy atom. The van der Waals surface area contributed by atoms with Crippen molar-refractivity contribution in [2.45, 2.75) is 52.4 Å². The number of fused-ring (bicyclic) bond motifs is 5. The fourth-order valence-electron chi connectivity index (χ4n) is 6.57.